The lowest BCUT2D eigenvalue weighted by Crippen LogP contribution is -2.49. The summed E-state index contributed by atoms with van der Waals surface area (Å²) in [5.41, 5.74) is 0. The standard InChI is InChI=1S/C14H26N2O/c1-10-6-7-16(9-11(10)2)14(17)13-5-4-12(3)15-8-13/h10-13,15H,4-9H2,1-3H3. The predicted octanol–water partition coefficient (Wildman–Crippen LogP) is 1.88. The van der Waals surface area contributed by atoms with Crippen LogP contribution >= 0.6 is 0 Å². The van der Waals surface area contributed by atoms with Gasteiger partial charge in [0, 0.05) is 25.7 Å². The third-order valence-electron chi connectivity index (χ3n) is 4.66. The van der Waals surface area contributed by atoms with Crippen LogP contribution in [0.5, 0.6) is 0 Å². The summed E-state index contributed by atoms with van der Waals surface area (Å²) >= 11 is 0. The first-order chi connectivity index (χ1) is 8.08. The molecular formula is C14H26N2O. The Bertz CT molecular complexity index is 271. The molecule has 4 atom stereocenters. The number of carbonyl (C=O) groups excluding carboxylic acids is 1. The van der Waals surface area contributed by atoms with Gasteiger partial charge in [-0.05, 0) is 38.0 Å². The van der Waals surface area contributed by atoms with Crippen LogP contribution in [0.3, 0.4) is 0 Å². The lowest BCUT2D eigenvalue weighted by molar-refractivity contribution is -0.138. The molecule has 0 saturated carbocycles. The van der Waals surface area contributed by atoms with Gasteiger partial charge in [0.2, 0.25) is 5.91 Å². The van der Waals surface area contributed by atoms with E-state index >= 15 is 0 Å². The first-order valence-electron chi connectivity index (χ1n) is 7.10. The first kappa shape index (κ1) is 12.9. The van der Waals surface area contributed by atoms with Gasteiger partial charge in [-0.1, -0.05) is 13.8 Å². The molecule has 2 fully saturated rings. The lowest BCUT2D eigenvalue weighted by atomic mass is 9.87. The third kappa shape index (κ3) is 3.01. The van der Waals surface area contributed by atoms with Crippen LogP contribution < -0.4 is 5.32 Å². The zero-order valence-corrected chi connectivity index (χ0v) is 11.4. The quantitative estimate of drug-likeness (QED) is 0.756. The monoisotopic (exact) mass is 238 g/mol. The molecule has 0 aromatic carbocycles. The number of carbonyl (C=O) groups is 1. The van der Waals surface area contributed by atoms with E-state index < -0.39 is 0 Å². The summed E-state index contributed by atoms with van der Waals surface area (Å²) < 4.78 is 0. The van der Waals surface area contributed by atoms with E-state index in [1.807, 2.05) is 0 Å². The van der Waals surface area contributed by atoms with E-state index in [-0.39, 0.29) is 5.92 Å². The average molecular weight is 238 g/mol. The summed E-state index contributed by atoms with van der Waals surface area (Å²) in [6.07, 6.45) is 3.37. The molecule has 0 aliphatic carbocycles. The molecule has 3 nitrogen and oxygen atoms in total. The molecule has 2 aliphatic heterocycles. The fraction of sp³-hybridized carbons (Fsp3) is 0.929. The lowest BCUT2D eigenvalue weighted by Gasteiger charge is -2.38. The van der Waals surface area contributed by atoms with Crippen molar-refractivity contribution in [3.63, 3.8) is 0 Å². The van der Waals surface area contributed by atoms with Crippen LogP contribution in [-0.2, 0) is 4.79 Å². The number of amides is 1. The zero-order chi connectivity index (χ0) is 12.4. The minimum absolute atomic E-state index is 0.229. The third-order valence-corrected chi connectivity index (χ3v) is 4.66. The van der Waals surface area contributed by atoms with Crippen molar-refractivity contribution in [3.05, 3.63) is 0 Å². The molecule has 98 valence electrons. The molecule has 0 bridgehead atoms. The van der Waals surface area contributed by atoms with Gasteiger partial charge < -0.3 is 10.2 Å². The summed E-state index contributed by atoms with van der Waals surface area (Å²) in [7, 11) is 0. The topological polar surface area (TPSA) is 32.3 Å². The van der Waals surface area contributed by atoms with E-state index in [0.717, 1.165) is 38.4 Å². The highest BCUT2D eigenvalue weighted by Gasteiger charge is 2.31. The number of hydrogen-bond donors (Lipinski definition) is 1. The molecule has 3 heteroatoms. The molecule has 1 amide bonds. The summed E-state index contributed by atoms with van der Waals surface area (Å²) in [5.74, 6) is 2.04. The Morgan fingerprint density at radius 3 is 2.47 bits per heavy atom. The zero-order valence-electron chi connectivity index (χ0n) is 11.4. The molecule has 2 aliphatic rings. The number of piperidine rings is 2. The first-order valence-corrected chi connectivity index (χ1v) is 7.10. The molecule has 0 aromatic rings. The second-order valence-corrected chi connectivity index (χ2v) is 6.11. The fourth-order valence-corrected chi connectivity index (χ4v) is 2.93. The van der Waals surface area contributed by atoms with Crippen molar-refractivity contribution in [2.24, 2.45) is 17.8 Å². The summed E-state index contributed by atoms with van der Waals surface area (Å²) in [6.45, 7) is 9.58. The van der Waals surface area contributed by atoms with E-state index in [1.165, 1.54) is 6.42 Å². The van der Waals surface area contributed by atoms with Gasteiger partial charge >= 0.3 is 0 Å². The molecule has 2 saturated heterocycles. The molecule has 0 spiro atoms. The normalized spacial score (nSPS) is 39.1. The highest BCUT2D eigenvalue weighted by Crippen LogP contribution is 2.25. The number of hydrogen-bond acceptors (Lipinski definition) is 2. The van der Waals surface area contributed by atoms with Crippen LogP contribution in [0.25, 0.3) is 0 Å². The number of rotatable bonds is 1. The number of nitrogens with one attached hydrogen (secondary N) is 1. The highest BCUT2D eigenvalue weighted by atomic mass is 16.2. The summed E-state index contributed by atoms with van der Waals surface area (Å²) in [4.78, 5) is 14.5. The van der Waals surface area contributed by atoms with Gasteiger partial charge in [0.1, 0.15) is 0 Å². The van der Waals surface area contributed by atoms with Gasteiger partial charge in [-0.15, -0.1) is 0 Å². The van der Waals surface area contributed by atoms with E-state index in [9.17, 15) is 4.79 Å². The SMILES string of the molecule is CC1CCC(C(=O)N2CCC(C)C(C)C2)CN1. The molecular weight excluding hydrogens is 212 g/mol. The van der Waals surface area contributed by atoms with Crippen molar-refractivity contribution in [1.82, 2.24) is 10.2 Å². The van der Waals surface area contributed by atoms with Crippen LogP contribution in [0, 0.1) is 17.8 Å². The van der Waals surface area contributed by atoms with Gasteiger partial charge in [0.15, 0.2) is 0 Å². The molecule has 1 N–H and O–H groups in total. The Morgan fingerprint density at radius 2 is 1.88 bits per heavy atom. The second kappa shape index (κ2) is 5.38. The van der Waals surface area contributed by atoms with Crippen molar-refractivity contribution in [2.45, 2.75) is 46.1 Å². The number of nitrogens with zero attached hydrogens (tertiary/aromatic N) is 1. The molecule has 0 aromatic heterocycles. The highest BCUT2D eigenvalue weighted by molar-refractivity contribution is 5.79. The summed E-state index contributed by atoms with van der Waals surface area (Å²) in [5, 5.41) is 3.42. The average Bonchev–Trinajstić information content (AvgIpc) is 2.33. The molecule has 2 heterocycles. The maximum absolute atomic E-state index is 12.4. The Morgan fingerprint density at radius 1 is 1.12 bits per heavy atom. The molecule has 0 radical (unpaired) electrons. The van der Waals surface area contributed by atoms with Gasteiger partial charge in [0.25, 0.3) is 0 Å². The smallest absolute Gasteiger partial charge is 0.226 e. The van der Waals surface area contributed by atoms with Crippen molar-refractivity contribution >= 4 is 5.91 Å². The van der Waals surface area contributed by atoms with Crippen LogP contribution in [0.1, 0.15) is 40.0 Å². The minimum Gasteiger partial charge on any atom is -0.342 e. The van der Waals surface area contributed by atoms with E-state index in [2.05, 4.69) is 31.0 Å². The van der Waals surface area contributed by atoms with Crippen LogP contribution in [-0.4, -0.2) is 36.5 Å². The maximum atomic E-state index is 12.4. The molecule has 4 unspecified atom stereocenters. The maximum Gasteiger partial charge on any atom is 0.226 e. The van der Waals surface area contributed by atoms with Gasteiger partial charge in [-0.25, -0.2) is 0 Å². The van der Waals surface area contributed by atoms with Gasteiger partial charge in [-0.3, -0.25) is 4.79 Å². The predicted molar refractivity (Wildman–Crippen MR) is 69.7 cm³/mol. The van der Waals surface area contributed by atoms with Crippen LogP contribution in [0.2, 0.25) is 0 Å². The Balaban J connectivity index is 1.87. The van der Waals surface area contributed by atoms with Crippen molar-refractivity contribution in [1.29, 1.82) is 0 Å². The van der Waals surface area contributed by atoms with Gasteiger partial charge in [-0.2, -0.15) is 0 Å². The largest absolute Gasteiger partial charge is 0.342 e. The Kier molecular flexibility index (Phi) is 4.08. The van der Waals surface area contributed by atoms with Gasteiger partial charge in [0.05, 0.1) is 5.92 Å². The summed E-state index contributed by atoms with van der Waals surface area (Å²) in [6, 6.07) is 0.583. The van der Waals surface area contributed by atoms with Crippen LogP contribution in [0.15, 0.2) is 0 Å². The van der Waals surface area contributed by atoms with E-state index in [0.29, 0.717) is 17.9 Å². The van der Waals surface area contributed by atoms with Crippen LogP contribution in [0.4, 0.5) is 0 Å². The van der Waals surface area contributed by atoms with E-state index in [1.54, 1.807) is 0 Å². The fourth-order valence-electron chi connectivity index (χ4n) is 2.93. The Hall–Kier alpha value is -0.570. The number of likely N-dealkylation sites (tertiary alicyclic amines) is 1. The van der Waals surface area contributed by atoms with Crippen molar-refractivity contribution < 1.29 is 4.79 Å². The molecule has 2 rings (SSSR count). The van der Waals surface area contributed by atoms with Crippen molar-refractivity contribution in [3.8, 4) is 0 Å². The molecule has 17 heavy (non-hydrogen) atoms. The van der Waals surface area contributed by atoms with Crippen molar-refractivity contribution in [2.75, 3.05) is 19.6 Å². The second-order valence-electron chi connectivity index (χ2n) is 6.11. The Labute approximate surface area is 105 Å². The minimum atomic E-state index is 0.229. The van der Waals surface area contributed by atoms with E-state index in [4.69, 9.17) is 0 Å².